The summed E-state index contributed by atoms with van der Waals surface area (Å²) in [5.41, 5.74) is 0.557. The minimum atomic E-state index is -4.50. The Kier molecular flexibility index (Phi) is 5.31. The van der Waals surface area contributed by atoms with Gasteiger partial charge in [0.25, 0.3) is 0 Å². The summed E-state index contributed by atoms with van der Waals surface area (Å²) in [4.78, 5) is 25.1. The normalized spacial score (nSPS) is 19.8. The smallest absolute Gasteiger partial charge is 0.376 e. The number of fused-ring (bicyclic) bond motifs is 1. The quantitative estimate of drug-likeness (QED) is 0.602. The molecule has 3 aromatic heterocycles. The van der Waals surface area contributed by atoms with E-state index in [1.807, 2.05) is 9.47 Å². The summed E-state index contributed by atoms with van der Waals surface area (Å²) in [5.74, 6) is 1.13. The number of nitrogens with zero attached hydrogens (tertiary/aromatic N) is 8. The summed E-state index contributed by atoms with van der Waals surface area (Å²) >= 11 is 0. The second-order valence-corrected chi connectivity index (χ2v) is 8.03. The van der Waals surface area contributed by atoms with E-state index in [9.17, 15) is 13.2 Å². The van der Waals surface area contributed by atoms with Crippen LogP contribution in [0.5, 0.6) is 0 Å². The molecule has 2 aliphatic rings. The number of alkyl halides is 3. The summed E-state index contributed by atoms with van der Waals surface area (Å²) < 4.78 is 47.1. The number of halogens is 3. The van der Waals surface area contributed by atoms with Gasteiger partial charge in [-0.3, -0.25) is 0 Å². The number of ether oxygens (including phenoxy) is 1. The number of aromatic nitrogens is 6. The lowest BCUT2D eigenvalue weighted by Crippen LogP contribution is -2.47. The topological polar surface area (TPSA) is 85.1 Å². The first-order valence-corrected chi connectivity index (χ1v) is 10.6. The number of anilines is 2. The Morgan fingerprint density at radius 3 is 2.56 bits per heavy atom. The Morgan fingerprint density at radius 2 is 1.84 bits per heavy atom. The van der Waals surface area contributed by atoms with Crippen molar-refractivity contribution in [2.24, 2.45) is 0 Å². The van der Waals surface area contributed by atoms with Gasteiger partial charge in [-0.15, -0.1) is 0 Å². The van der Waals surface area contributed by atoms with Gasteiger partial charge in [-0.2, -0.15) is 13.2 Å². The fourth-order valence-electron chi connectivity index (χ4n) is 4.25. The number of aryl methyl sites for hydroxylation is 1. The highest BCUT2D eigenvalue weighted by atomic mass is 19.4. The molecule has 2 saturated heterocycles. The SMILES string of the molecule is Cc1nc(N2CCN(c3ncnc4c3ncn4CC3CCCO3)CC2)cc(C(F)(F)F)n1. The molecule has 12 heteroatoms. The third-order valence-electron chi connectivity index (χ3n) is 5.82. The molecule has 3 aromatic rings. The van der Waals surface area contributed by atoms with Crippen LogP contribution in [0.3, 0.4) is 0 Å². The largest absolute Gasteiger partial charge is 0.433 e. The predicted octanol–water partition coefficient (Wildman–Crippen LogP) is 2.45. The van der Waals surface area contributed by atoms with E-state index in [0.717, 1.165) is 42.5 Å². The zero-order valence-corrected chi connectivity index (χ0v) is 17.6. The average Bonchev–Trinajstić information content (AvgIpc) is 3.43. The van der Waals surface area contributed by atoms with Crippen molar-refractivity contribution in [3.05, 3.63) is 30.2 Å². The maximum atomic E-state index is 13.1. The predicted molar refractivity (Wildman–Crippen MR) is 110 cm³/mol. The van der Waals surface area contributed by atoms with Gasteiger partial charge in [-0.05, 0) is 19.8 Å². The number of hydrogen-bond acceptors (Lipinski definition) is 8. The monoisotopic (exact) mass is 448 g/mol. The average molecular weight is 448 g/mol. The van der Waals surface area contributed by atoms with Crippen LogP contribution in [0.15, 0.2) is 18.7 Å². The molecule has 0 N–H and O–H groups in total. The van der Waals surface area contributed by atoms with E-state index < -0.39 is 11.9 Å². The van der Waals surface area contributed by atoms with Crippen LogP contribution in [0.25, 0.3) is 11.2 Å². The highest BCUT2D eigenvalue weighted by Gasteiger charge is 2.34. The number of piperazine rings is 1. The Labute approximate surface area is 182 Å². The molecule has 9 nitrogen and oxygen atoms in total. The Balaban J connectivity index is 1.32. The van der Waals surface area contributed by atoms with Crippen molar-refractivity contribution < 1.29 is 17.9 Å². The summed E-state index contributed by atoms with van der Waals surface area (Å²) in [7, 11) is 0. The highest BCUT2D eigenvalue weighted by molar-refractivity contribution is 5.83. The van der Waals surface area contributed by atoms with E-state index >= 15 is 0 Å². The molecule has 2 fully saturated rings. The molecule has 0 spiro atoms. The van der Waals surface area contributed by atoms with E-state index in [2.05, 4.69) is 29.8 Å². The molecule has 2 aliphatic heterocycles. The highest BCUT2D eigenvalue weighted by Crippen LogP contribution is 2.30. The summed E-state index contributed by atoms with van der Waals surface area (Å²) in [5, 5.41) is 0. The first-order chi connectivity index (χ1) is 15.4. The van der Waals surface area contributed by atoms with Crippen LogP contribution in [0.1, 0.15) is 24.4 Å². The molecule has 5 heterocycles. The molecule has 0 saturated carbocycles. The van der Waals surface area contributed by atoms with Crippen molar-refractivity contribution in [1.82, 2.24) is 29.5 Å². The second kappa shape index (κ2) is 8.15. The van der Waals surface area contributed by atoms with Crippen molar-refractivity contribution in [2.45, 2.75) is 38.6 Å². The van der Waals surface area contributed by atoms with Gasteiger partial charge in [0.15, 0.2) is 17.0 Å². The van der Waals surface area contributed by atoms with Crippen LogP contribution >= 0.6 is 0 Å². The third-order valence-corrected chi connectivity index (χ3v) is 5.82. The molecular formula is C20H23F3N8O. The van der Waals surface area contributed by atoms with E-state index in [-0.39, 0.29) is 17.7 Å². The van der Waals surface area contributed by atoms with Crippen LogP contribution in [-0.2, 0) is 17.5 Å². The minimum absolute atomic E-state index is 0.103. The lowest BCUT2D eigenvalue weighted by molar-refractivity contribution is -0.141. The van der Waals surface area contributed by atoms with Gasteiger partial charge in [-0.1, -0.05) is 0 Å². The van der Waals surface area contributed by atoms with Gasteiger partial charge in [0.1, 0.15) is 23.7 Å². The maximum Gasteiger partial charge on any atom is 0.433 e. The molecular weight excluding hydrogens is 425 g/mol. The summed E-state index contributed by atoms with van der Waals surface area (Å²) in [6.07, 6.45) is 1.06. The first kappa shape index (κ1) is 20.9. The first-order valence-electron chi connectivity index (χ1n) is 10.6. The lowest BCUT2D eigenvalue weighted by Gasteiger charge is -2.36. The number of rotatable bonds is 4. The number of hydrogen-bond donors (Lipinski definition) is 0. The zero-order valence-electron chi connectivity index (χ0n) is 17.6. The summed E-state index contributed by atoms with van der Waals surface area (Å²) in [6, 6.07) is 1.01. The van der Waals surface area contributed by atoms with Crippen LogP contribution in [-0.4, -0.2) is 68.4 Å². The molecule has 170 valence electrons. The second-order valence-electron chi connectivity index (χ2n) is 8.03. The molecule has 1 atom stereocenters. The van der Waals surface area contributed by atoms with Crippen molar-refractivity contribution >= 4 is 22.8 Å². The van der Waals surface area contributed by atoms with E-state index in [4.69, 9.17) is 4.74 Å². The summed E-state index contributed by atoms with van der Waals surface area (Å²) in [6.45, 7) is 5.14. The van der Waals surface area contributed by atoms with E-state index in [1.165, 1.54) is 13.3 Å². The van der Waals surface area contributed by atoms with E-state index in [0.29, 0.717) is 32.7 Å². The van der Waals surface area contributed by atoms with Gasteiger partial charge in [0.2, 0.25) is 0 Å². The van der Waals surface area contributed by atoms with Crippen molar-refractivity contribution in [2.75, 3.05) is 42.6 Å². The fraction of sp³-hybridized carbons (Fsp3) is 0.550. The lowest BCUT2D eigenvalue weighted by atomic mass is 10.2. The minimum Gasteiger partial charge on any atom is -0.376 e. The molecule has 0 aliphatic carbocycles. The van der Waals surface area contributed by atoms with Crippen LogP contribution in [0.2, 0.25) is 0 Å². The van der Waals surface area contributed by atoms with Crippen molar-refractivity contribution in [1.29, 1.82) is 0 Å². The Bertz CT molecular complexity index is 1100. The molecule has 32 heavy (non-hydrogen) atoms. The van der Waals surface area contributed by atoms with Crippen LogP contribution < -0.4 is 9.80 Å². The van der Waals surface area contributed by atoms with Gasteiger partial charge >= 0.3 is 6.18 Å². The van der Waals surface area contributed by atoms with E-state index in [1.54, 1.807) is 6.33 Å². The molecule has 0 radical (unpaired) electrons. The Morgan fingerprint density at radius 1 is 1.06 bits per heavy atom. The molecule has 1 unspecified atom stereocenters. The standard InChI is InChI=1S/C20H23F3N8O/c1-13-27-15(20(21,22)23)9-16(28-13)29-4-6-30(7-5-29)18-17-19(25-11-24-18)31(12-26-17)10-14-3-2-8-32-14/h9,11-12,14H,2-8,10H2,1H3. The van der Waals surface area contributed by atoms with Crippen molar-refractivity contribution in [3.8, 4) is 0 Å². The van der Waals surface area contributed by atoms with Gasteiger partial charge < -0.3 is 19.1 Å². The molecule has 0 aromatic carbocycles. The van der Waals surface area contributed by atoms with Gasteiger partial charge in [0, 0.05) is 38.9 Å². The zero-order chi connectivity index (χ0) is 22.3. The van der Waals surface area contributed by atoms with Crippen LogP contribution in [0, 0.1) is 6.92 Å². The maximum absolute atomic E-state index is 13.1. The molecule has 0 bridgehead atoms. The molecule has 0 amide bonds. The van der Waals surface area contributed by atoms with Crippen molar-refractivity contribution in [3.63, 3.8) is 0 Å². The van der Waals surface area contributed by atoms with Crippen LogP contribution in [0.4, 0.5) is 24.8 Å². The van der Waals surface area contributed by atoms with Gasteiger partial charge in [0.05, 0.1) is 19.0 Å². The fourth-order valence-corrected chi connectivity index (χ4v) is 4.25. The Hall–Kier alpha value is -3.02. The number of imidazole rings is 1. The third kappa shape index (κ3) is 4.06. The molecule has 5 rings (SSSR count). The van der Waals surface area contributed by atoms with Gasteiger partial charge in [-0.25, -0.2) is 24.9 Å².